The molecule has 1 aromatic carbocycles. The fourth-order valence-electron chi connectivity index (χ4n) is 2.53. The van der Waals surface area contributed by atoms with Crippen LogP contribution in [0.3, 0.4) is 0 Å². The summed E-state index contributed by atoms with van der Waals surface area (Å²) in [5.74, 6) is 0.837. The van der Waals surface area contributed by atoms with Gasteiger partial charge in [0.05, 0.1) is 7.11 Å². The van der Waals surface area contributed by atoms with Gasteiger partial charge in [-0.3, -0.25) is 4.99 Å². The summed E-state index contributed by atoms with van der Waals surface area (Å²) in [4.78, 5) is 6.32. The van der Waals surface area contributed by atoms with Crippen LogP contribution in [-0.2, 0) is 6.42 Å². The highest BCUT2D eigenvalue weighted by Crippen LogP contribution is 2.35. The van der Waals surface area contributed by atoms with Gasteiger partial charge in [0.25, 0.3) is 0 Å². The Bertz CT molecular complexity index is 520. The molecule has 1 aromatic rings. The van der Waals surface area contributed by atoms with Crippen molar-refractivity contribution in [2.75, 3.05) is 32.6 Å². The molecule has 0 bridgehead atoms. The van der Waals surface area contributed by atoms with E-state index in [4.69, 9.17) is 10.5 Å². The third-order valence-corrected chi connectivity index (χ3v) is 3.51. The van der Waals surface area contributed by atoms with Crippen molar-refractivity contribution in [2.24, 2.45) is 10.7 Å². The van der Waals surface area contributed by atoms with E-state index in [1.807, 2.05) is 0 Å². The van der Waals surface area contributed by atoms with Crippen LogP contribution in [0.5, 0.6) is 5.75 Å². The number of anilines is 1. The van der Waals surface area contributed by atoms with Gasteiger partial charge in [-0.2, -0.15) is 0 Å². The molecule has 102 valence electrons. The molecule has 0 aliphatic carbocycles. The minimum absolute atomic E-state index is 0.837. The molecule has 0 aromatic heterocycles. The van der Waals surface area contributed by atoms with Crippen molar-refractivity contribution in [2.45, 2.75) is 12.8 Å². The number of rotatable bonds is 3. The lowest BCUT2D eigenvalue weighted by atomic mass is 9.96. The Morgan fingerprint density at radius 1 is 1.47 bits per heavy atom. The maximum Gasteiger partial charge on any atom is 0.128 e. The van der Waals surface area contributed by atoms with E-state index in [2.05, 4.69) is 29.1 Å². The largest absolute Gasteiger partial charge is 0.496 e. The van der Waals surface area contributed by atoms with E-state index in [0.717, 1.165) is 29.9 Å². The lowest BCUT2D eigenvalue weighted by Crippen LogP contribution is -2.24. The number of hydrogen-bond acceptors (Lipinski definition) is 4. The second kappa shape index (κ2) is 5.78. The number of allylic oxidation sites excluding steroid dienone is 1. The highest BCUT2D eigenvalue weighted by molar-refractivity contribution is 6.10. The summed E-state index contributed by atoms with van der Waals surface area (Å²) in [7, 11) is 5.54. The maximum atomic E-state index is 5.70. The number of hydrogen-bond donors (Lipinski definition) is 1. The summed E-state index contributed by atoms with van der Waals surface area (Å²) in [6.07, 6.45) is 5.61. The van der Waals surface area contributed by atoms with Crippen LogP contribution >= 0.6 is 0 Å². The Balaban J connectivity index is 2.55. The summed E-state index contributed by atoms with van der Waals surface area (Å²) < 4.78 is 5.50. The number of fused-ring (bicyclic) bond motifs is 1. The van der Waals surface area contributed by atoms with Crippen LogP contribution in [0.25, 0.3) is 5.57 Å². The smallest absolute Gasteiger partial charge is 0.128 e. The Morgan fingerprint density at radius 2 is 2.26 bits per heavy atom. The van der Waals surface area contributed by atoms with Crippen molar-refractivity contribution >= 4 is 17.5 Å². The monoisotopic (exact) mass is 259 g/mol. The van der Waals surface area contributed by atoms with Gasteiger partial charge in [0, 0.05) is 55.9 Å². The first-order valence-corrected chi connectivity index (χ1v) is 6.47. The fraction of sp³-hybridized carbons (Fsp3) is 0.400. The molecule has 0 atom stereocenters. The summed E-state index contributed by atoms with van der Waals surface area (Å²) in [6, 6.07) is 4.26. The SMILES string of the molecule is CN=CC(=CN)c1cc2c(cc1OC)N(C)CCC2. The van der Waals surface area contributed by atoms with Gasteiger partial charge in [-0.1, -0.05) is 0 Å². The number of methoxy groups -OCH3 is 1. The number of aryl methyl sites for hydroxylation is 1. The fourth-order valence-corrected chi connectivity index (χ4v) is 2.53. The second-order valence-electron chi connectivity index (χ2n) is 4.72. The second-order valence-corrected chi connectivity index (χ2v) is 4.72. The van der Waals surface area contributed by atoms with Crippen LogP contribution in [-0.4, -0.2) is 34.0 Å². The van der Waals surface area contributed by atoms with E-state index in [1.54, 1.807) is 26.6 Å². The molecule has 2 N–H and O–H groups in total. The van der Waals surface area contributed by atoms with Crippen molar-refractivity contribution in [1.82, 2.24) is 0 Å². The Hall–Kier alpha value is -1.97. The van der Waals surface area contributed by atoms with Crippen molar-refractivity contribution in [3.63, 3.8) is 0 Å². The molecule has 4 nitrogen and oxygen atoms in total. The highest BCUT2D eigenvalue weighted by atomic mass is 16.5. The molecule has 1 aliphatic rings. The van der Waals surface area contributed by atoms with Gasteiger partial charge in [0.1, 0.15) is 5.75 Å². The number of nitrogens with zero attached hydrogens (tertiary/aromatic N) is 2. The number of ether oxygens (including phenoxy) is 1. The zero-order chi connectivity index (χ0) is 13.8. The van der Waals surface area contributed by atoms with Crippen molar-refractivity contribution in [1.29, 1.82) is 0 Å². The van der Waals surface area contributed by atoms with E-state index >= 15 is 0 Å². The summed E-state index contributed by atoms with van der Waals surface area (Å²) >= 11 is 0. The Labute approximate surface area is 114 Å². The quantitative estimate of drug-likeness (QED) is 0.846. The normalized spacial score (nSPS) is 15.7. The molecule has 0 fully saturated rings. The third-order valence-electron chi connectivity index (χ3n) is 3.51. The molecular formula is C15H21N3O. The number of aliphatic imine (C=N–C) groups is 1. The molecule has 0 saturated heterocycles. The van der Waals surface area contributed by atoms with Crippen LogP contribution in [0.2, 0.25) is 0 Å². The van der Waals surface area contributed by atoms with Crippen LogP contribution in [0.1, 0.15) is 17.5 Å². The van der Waals surface area contributed by atoms with E-state index in [0.29, 0.717) is 0 Å². The highest BCUT2D eigenvalue weighted by Gasteiger charge is 2.18. The molecule has 1 aliphatic heterocycles. The first-order chi connectivity index (χ1) is 9.21. The average molecular weight is 259 g/mol. The van der Waals surface area contributed by atoms with Crippen LogP contribution in [0.15, 0.2) is 23.3 Å². The van der Waals surface area contributed by atoms with Crippen molar-refractivity contribution in [3.8, 4) is 5.75 Å². The molecule has 1 heterocycles. The zero-order valence-corrected chi connectivity index (χ0v) is 11.8. The topological polar surface area (TPSA) is 50.9 Å². The van der Waals surface area contributed by atoms with Crippen molar-refractivity contribution < 1.29 is 4.74 Å². The maximum absolute atomic E-state index is 5.70. The molecular weight excluding hydrogens is 238 g/mol. The first kappa shape index (κ1) is 13.5. The van der Waals surface area contributed by atoms with E-state index in [1.165, 1.54) is 17.7 Å². The van der Waals surface area contributed by atoms with E-state index < -0.39 is 0 Å². The standard InChI is InChI=1S/C15H21N3O/c1-17-10-12(9-16)13-7-11-5-4-6-18(2)14(11)8-15(13)19-3/h7-10H,4-6,16H2,1-3H3. The summed E-state index contributed by atoms with van der Waals surface area (Å²) in [6.45, 7) is 1.09. The summed E-state index contributed by atoms with van der Waals surface area (Å²) in [5.41, 5.74) is 10.2. The van der Waals surface area contributed by atoms with Crippen LogP contribution < -0.4 is 15.4 Å². The molecule has 19 heavy (non-hydrogen) atoms. The minimum atomic E-state index is 0.837. The molecule has 0 amide bonds. The predicted molar refractivity (Wildman–Crippen MR) is 81.2 cm³/mol. The van der Waals surface area contributed by atoms with Gasteiger partial charge in [-0.25, -0.2) is 0 Å². The van der Waals surface area contributed by atoms with Gasteiger partial charge in [-0.15, -0.1) is 0 Å². The molecule has 0 radical (unpaired) electrons. The lowest BCUT2D eigenvalue weighted by molar-refractivity contribution is 0.413. The first-order valence-electron chi connectivity index (χ1n) is 6.47. The Kier molecular flexibility index (Phi) is 4.10. The zero-order valence-electron chi connectivity index (χ0n) is 11.8. The average Bonchev–Trinajstić information content (AvgIpc) is 2.44. The number of benzene rings is 1. The minimum Gasteiger partial charge on any atom is -0.496 e. The van der Waals surface area contributed by atoms with E-state index in [9.17, 15) is 0 Å². The third kappa shape index (κ3) is 2.57. The Morgan fingerprint density at radius 3 is 2.89 bits per heavy atom. The van der Waals surface area contributed by atoms with Gasteiger partial charge < -0.3 is 15.4 Å². The number of nitrogens with two attached hydrogens (primary N) is 1. The van der Waals surface area contributed by atoms with Crippen molar-refractivity contribution in [3.05, 3.63) is 29.5 Å². The molecule has 0 unspecified atom stereocenters. The predicted octanol–water partition coefficient (Wildman–Crippen LogP) is 2.08. The lowest BCUT2D eigenvalue weighted by Gasteiger charge is -2.28. The molecule has 2 rings (SSSR count). The van der Waals surface area contributed by atoms with E-state index in [-0.39, 0.29) is 0 Å². The van der Waals surface area contributed by atoms with Gasteiger partial charge in [0.2, 0.25) is 0 Å². The molecule has 4 heteroatoms. The molecule has 0 spiro atoms. The van der Waals surface area contributed by atoms with Gasteiger partial charge in [-0.05, 0) is 24.5 Å². The van der Waals surface area contributed by atoms with Crippen LogP contribution in [0.4, 0.5) is 5.69 Å². The van der Waals surface area contributed by atoms with Crippen LogP contribution in [0, 0.1) is 0 Å². The van der Waals surface area contributed by atoms with Gasteiger partial charge >= 0.3 is 0 Å². The molecule has 0 saturated carbocycles. The summed E-state index contributed by atoms with van der Waals surface area (Å²) in [5, 5.41) is 0. The van der Waals surface area contributed by atoms with Gasteiger partial charge in [0.15, 0.2) is 0 Å².